The minimum absolute atomic E-state index is 0.168. The Hall–Kier alpha value is -2.38. The third-order valence-corrected chi connectivity index (χ3v) is 3.04. The number of thiocarbonyl (C=S) groups is 1. The zero-order valence-corrected chi connectivity index (χ0v) is 11.9. The van der Waals surface area contributed by atoms with Gasteiger partial charge >= 0.3 is 0 Å². The Morgan fingerprint density at radius 2 is 2.05 bits per heavy atom. The first-order chi connectivity index (χ1) is 10.2. The van der Waals surface area contributed by atoms with E-state index in [4.69, 9.17) is 22.2 Å². The van der Waals surface area contributed by atoms with Crippen LogP contribution in [0.2, 0.25) is 0 Å². The molecule has 21 heavy (non-hydrogen) atoms. The van der Waals surface area contributed by atoms with Crippen LogP contribution in [0.3, 0.4) is 0 Å². The highest BCUT2D eigenvalue weighted by atomic mass is 32.1. The zero-order chi connectivity index (χ0) is 15.1. The van der Waals surface area contributed by atoms with E-state index in [1.54, 1.807) is 42.6 Å². The van der Waals surface area contributed by atoms with E-state index in [9.17, 15) is 4.79 Å². The van der Waals surface area contributed by atoms with E-state index in [0.717, 1.165) is 0 Å². The van der Waals surface area contributed by atoms with Crippen LogP contribution in [0.15, 0.2) is 42.6 Å². The summed E-state index contributed by atoms with van der Waals surface area (Å²) in [6.07, 6.45) is 1.69. The first-order valence-electron chi connectivity index (χ1n) is 6.29. The molecule has 0 spiro atoms. The van der Waals surface area contributed by atoms with E-state index in [0.29, 0.717) is 30.2 Å². The lowest BCUT2D eigenvalue weighted by Crippen LogP contribution is -2.28. The number of amides is 1. The number of benzene rings is 1. The van der Waals surface area contributed by atoms with E-state index >= 15 is 0 Å². The molecular weight excluding hydrogens is 290 g/mol. The molecule has 6 nitrogen and oxygen atoms in total. The van der Waals surface area contributed by atoms with Crippen LogP contribution in [-0.2, 0) is 0 Å². The van der Waals surface area contributed by atoms with Crippen molar-refractivity contribution in [1.29, 1.82) is 0 Å². The van der Waals surface area contributed by atoms with E-state index in [1.165, 1.54) is 0 Å². The Bertz CT molecular complexity index is 596. The summed E-state index contributed by atoms with van der Waals surface area (Å²) >= 11 is 4.89. The van der Waals surface area contributed by atoms with Crippen molar-refractivity contribution in [1.82, 2.24) is 15.8 Å². The van der Waals surface area contributed by atoms with Crippen molar-refractivity contribution < 1.29 is 14.7 Å². The van der Waals surface area contributed by atoms with Crippen LogP contribution in [-0.4, -0.2) is 34.2 Å². The number of rotatable bonds is 6. The van der Waals surface area contributed by atoms with Crippen LogP contribution in [0.5, 0.6) is 5.75 Å². The molecule has 4 N–H and O–H groups in total. The van der Waals surface area contributed by atoms with Gasteiger partial charge in [0.05, 0.1) is 6.54 Å². The number of hydrogen-bond donors (Lipinski definition) is 4. The standard InChI is InChI=1S/C14H15N3O3S/c18-13(12-2-1-7-15-12)16-8-9-20-11-5-3-10(4-6-11)14(21)17-19/h1-7,15,19H,8-9H2,(H,16,18)(H,17,21). The third kappa shape index (κ3) is 4.30. The Kier molecular flexibility index (Phi) is 5.30. The van der Waals surface area contributed by atoms with E-state index in [1.807, 2.05) is 5.48 Å². The van der Waals surface area contributed by atoms with Crippen LogP contribution in [0, 0.1) is 0 Å². The molecule has 7 heteroatoms. The maximum atomic E-state index is 11.6. The van der Waals surface area contributed by atoms with Crippen molar-refractivity contribution in [2.75, 3.05) is 13.2 Å². The van der Waals surface area contributed by atoms with Crippen molar-refractivity contribution >= 4 is 23.1 Å². The van der Waals surface area contributed by atoms with Gasteiger partial charge in [0.25, 0.3) is 5.91 Å². The van der Waals surface area contributed by atoms with Gasteiger partial charge in [-0.25, -0.2) is 0 Å². The highest BCUT2D eigenvalue weighted by molar-refractivity contribution is 7.80. The number of aromatic nitrogens is 1. The molecular formula is C14H15N3O3S. The summed E-state index contributed by atoms with van der Waals surface area (Å²) < 4.78 is 5.49. The highest BCUT2D eigenvalue weighted by Crippen LogP contribution is 2.12. The fourth-order valence-corrected chi connectivity index (χ4v) is 1.80. The summed E-state index contributed by atoms with van der Waals surface area (Å²) in [6.45, 7) is 0.755. The van der Waals surface area contributed by atoms with E-state index < -0.39 is 0 Å². The number of carbonyl (C=O) groups is 1. The van der Waals surface area contributed by atoms with Gasteiger partial charge in [0.15, 0.2) is 0 Å². The van der Waals surface area contributed by atoms with Crippen LogP contribution < -0.4 is 15.5 Å². The molecule has 0 saturated heterocycles. The van der Waals surface area contributed by atoms with Gasteiger partial charge in [-0.05, 0) is 36.4 Å². The predicted molar refractivity (Wildman–Crippen MR) is 81.7 cm³/mol. The maximum absolute atomic E-state index is 11.6. The summed E-state index contributed by atoms with van der Waals surface area (Å²) in [6, 6.07) is 10.4. The van der Waals surface area contributed by atoms with Crippen molar-refractivity contribution in [2.45, 2.75) is 0 Å². The van der Waals surface area contributed by atoms with E-state index in [2.05, 4.69) is 10.3 Å². The number of carbonyl (C=O) groups excluding carboxylic acids is 1. The molecule has 0 unspecified atom stereocenters. The minimum Gasteiger partial charge on any atom is -0.492 e. The van der Waals surface area contributed by atoms with Gasteiger partial charge in [0.2, 0.25) is 0 Å². The first-order valence-corrected chi connectivity index (χ1v) is 6.70. The summed E-state index contributed by atoms with van der Waals surface area (Å²) in [7, 11) is 0. The maximum Gasteiger partial charge on any atom is 0.267 e. The molecule has 0 fully saturated rings. The second kappa shape index (κ2) is 7.41. The Morgan fingerprint density at radius 3 is 2.67 bits per heavy atom. The molecule has 1 amide bonds. The predicted octanol–water partition coefficient (Wildman–Crippen LogP) is 1.48. The van der Waals surface area contributed by atoms with Crippen molar-refractivity contribution in [2.24, 2.45) is 0 Å². The van der Waals surface area contributed by atoms with Crippen molar-refractivity contribution in [3.63, 3.8) is 0 Å². The van der Waals surface area contributed by atoms with Gasteiger partial charge in [-0.15, -0.1) is 0 Å². The van der Waals surface area contributed by atoms with Crippen molar-refractivity contribution in [3.8, 4) is 5.75 Å². The number of aromatic amines is 1. The topological polar surface area (TPSA) is 86.4 Å². The Balaban J connectivity index is 1.73. The number of hydroxylamine groups is 1. The lowest BCUT2D eigenvalue weighted by molar-refractivity contribution is 0.0942. The van der Waals surface area contributed by atoms with Gasteiger partial charge in [-0.3, -0.25) is 15.5 Å². The minimum atomic E-state index is -0.168. The molecule has 0 atom stereocenters. The average molecular weight is 305 g/mol. The normalized spacial score (nSPS) is 9.95. The SMILES string of the molecule is O=C(NCCOc1ccc(C(=S)NO)cc1)c1ccc[nH]1. The molecule has 2 aromatic rings. The average Bonchev–Trinajstić information content (AvgIpc) is 3.05. The number of hydrogen-bond acceptors (Lipinski definition) is 4. The lowest BCUT2D eigenvalue weighted by atomic mass is 10.2. The van der Waals surface area contributed by atoms with Crippen molar-refractivity contribution in [3.05, 3.63) is 53.9 Å². The molecule has 1 heterocycles. The molecule has 1 aromatic heterocycles. The fourth-order valence-electron chi connectivity index (χ4n) is 1.67. The van der Waals surface area contributed by atoms with Crippen LogP contribution in [0.1, 0.15) is 16.1 Å². The molecule has 0 bridgehead atoms. The molecule has 0 aliphatic heterocycles. The number of H-pyrrole nitrogens is 1. The monoisotopic (exact) mass is 305 g/mol. The summed E-state index contributed by atoms with van der Waals surface area (Å²) in [4.78, 5) is 14.7. The zero-order valence-electron chi connectivity index (χ0n) is 11.1. The van der Waals surface area contributed by atoms with Gasteiger partial charge in [0, 0.05) is 11.8 Å². The molecule has 0 saturated carbocycles. The lowest BCUT2D eigenvalue weighted by Gasteiger charge is -2.08. The molecule has 0 radical (unpaired) electrons. The van der Waals surface area contributed by atoms with Gasteiger partial charge in [-0.2, -0.15) is 0 Å². The smallest absolute Gasteiger partial charge is 0.267 e. The highest BCUT2D eigenvalue weighted by Gasteiger charge is 2.04. The quantitative estimate of drug-likeness (QED) is 0.369. The van der Waals surface area contributed by atoms with Crippen LogP contribution in [0.4, 0.5) is 0 Å². The molecule has 2 rings (SSSR count). The Morgan fingerprint density at radius 1 is 1.29 bits per heavy atom. The second-order valence-corrected chi connectivity index (χ2v) is 4.56. The van der Waals surface area contributed by atoms with Gasteiger partial charge in [0.1, 0.15) is 23.0 Å². The molecule has 110 valence electrons. The van der Waals surface area contributed by atoms with Crippen LogP contribution >= 0.6 is 12.2 Å². The van der Waals surface area contributed by atoms with E-state index in [-0.39, 0.29) is 10.9 Å². The summed E-state index contributed by atoms with van der Waals surface area (Å²) in [5.74, 6) is 0.493. The second-order valence-electron chi connectivity index (χ2n) is 4.15. The largest absolute Gasteiger partial charge is 0.492 e. The third-order valence-electron chi connectivity index (χ3n) is 2.72. The summed E-state index contributed by atoms with van der Waals surface area (Å²) in [5, 5.41) is 11.4. The number of ether oxygens (including phenoxy) is 1. The summed E-state index contributed by atoms with van der Waals surface area (Å²) in [5.41, 5.74) is 3.13. The van der Waals surface area contributed by atoms with Gasteiger partial charge < -0.3 is 15.0 Å². The fraction of sp³-hybridized carbons (Fsp3) is 0.143. The molecule has 0 aliphatic carbocycles. The first kappa shape index (κ1) is 15.0. The van der Waals surface area contributed by atoms with Crippen LogP contribution in [0.25, 0.3) is 0 Å². The molecule has 1 aromatic carbocycles. The number of nitrogens with one attached hydrogen (secondary N) is 3. The Labute approximate surface area is 127 Å². The molecule has 0 aliphatic rings. The van der Waals surface area contributed by atoms with Gasteiger partial charge in [-0.1, -0.05) is 12.2 Å².